The number of carboxylic acid groups (broad SMARTS) is 2. The molecule has 10 nitrogen and oxygen atoms in total. The molecule has 0 aliphatic carbocycles. The third-order valence-corrected chi connectivity index (χ3v) is 1.89. The molecule has 0 bridgehead atoms. The first kappa shape index (κ1) is 30.5. The maximum atomic E-state index is 12.5. The van der Waals surface area contributed by atoms with Gasteiger partial charge in [0.2, 0.25) is 0 Å². The molecule has 0 amide bonds. The van der Waals surface area contributed by atoms with Crippen LogP contribution in [0.25, 0.3) is 0 Å². The van der Waals surface area contributed by atoms with Crippen LogP contribution in [-0.2, 0) is 20.0 Å². The van der Waals surface area contributed by atoms with Crippen LogP contribution in [0.4, 0.5) is 8.78 Å². The summed E-state index contributed by atoms with van der Waals surface area (Å²) in [6.45, 7) is 4.27. The molecule has 13 heteroatoms. The number of rotatable bonds is 4. The first-order valence-corrected chi connectivity index (χ1v) is 7.08. The second-order valence-corrected chi connectivity index (χ2v) is 6.03. The lowest BCUT2D eigenvalue weighted by atomic mass is 10.0. The fraction of sp³-hybridized carbons (Fsp3) is 0.818. The van der Waals surface area contributed by atoms with E-state index in [0.717, 1.165) is 27.7 Å². The molecule has 0 unspecified atom stereocenters. The maximum Gasteiger partial charge on any atom is 0.394 e. The molecule has 0 aliphatic heterocycles. The fourth-order valence-corrected chi connectivity index (χ4v) is 0.587. The third kappa shape index (κ3) is 22.9. The van der Waals surface area contributed by atoms with Gasteiger partial charge in [0.1, 0.15) is 17.4 Å². The van der Waals surface area contributed by atoms with Crippen LogP contribution in [0.5, 0.6) is 0 Å². The van der Waals surface area contributed by atoms with Crippen molar-refractivity contribution in [3.05, 3.63) is 0 Å². The number of aliphatic carboxylic acids is 2. The zero-order valence-electron chi connectivity index (χ0n) is 12.8. The Balaban J connectivity index is -0.000000128. The molecule has 0 aromatic rings. The van der Waals surface area contributed by atoms with Crippen molar-refractivity contribution in [2.75, 3.05) is 0 Å². The highest BCUT2D eigenvalue weighted by atomic mass is 32.3. The van der Waals surface area contributed by atoms with Gasteiger partial charge in [-0.25, -0.2) is 13.6 Å². The molecule has 0 saturated carbocycles. The number of halogens is 2. The Morgan fingerprint density at radius 1 is 0.958 bits per heavy atom. The van der Waals surface area contributed by atoms with Crippen molar-refractivity contribution < 1.29 is 51.2 Å². The minimum atomic E-state index is -4.67. The number of hydrogen-bond donors (Lipinski definition) is 6. The molecule has 0 aliphatic rings. The van der Waals surface area contributed by atoms with Crippen LogP contribution in [0.3, 0.4) is 0 Å². The van der Waals surface area contributed by atoms with E-state index >= 15 is 0 Å². The van der Waals surface area contributed by atoms with Gasteiger partial charge in [-0.15, -0.1) is 0 Å². The summed E-state index contributed by atoms with van der Waals surface area (Å²) < 4.78 is 56.5. The van der Waals surface area contributed by atoms with Crippen molar-refractivity contribution in [1.29, 1.82) is 0 Å². The number of nitrogens with two attached hydrogens (primary N) is 1. The minimum absolute atomic E-state index is 0. The largest absolute Gasteiger partial charge is 0.480 e. The lowest BCUT2D eigenvalue weighted by Gasteiger charge is -2.17. The van der Waals surface area contributed by atoms with E-state index in [2.05, 4.69) is 0 Å². The smallest absolute Gasteiger partial charge is 0.394 e. The van der Waals surface area contributed by atoms with E-state index in [1.54, 1.807) is 0 Å². The Labute approximate surface area is 138 Å². The van der Waals surface area contributed by atoms with Gasteiger partial charge < -0.3 is 21.1 Å². The minimum Gasteiger partial charge on any atom is -0.480 e. The number of carboxylic acids is 2. The summed E-state index contributed by atoms with van der Waals surface area (Å²) in [6.07, 6.45) is -1.93. The van der Waals surface area contributed by atoms with Crippen LogP contribution in [0.15, 0.2) is 0 Å². The topological polar surface area (TPSA) is 195 Å². The second-order valence-electron chi connectivity index (χ2n) is 5.13. The number of carbonyl (C=O) groups is 2. The maximum absolute atomic E-state index is 12.5. The van der Waals surface area contributed by atoms with Crippen LogP contribution in [-0.4, -0.2) is 68.3 Å². The zero-order chi connectivity index (χ0) is 19.8. The normalized spacial score (nSPS) is 13.8. The van der Waals surface area contributed by atoms with E-state index in [4.69, 9.17) is 38.6 Å². The molecule has 24 heavy (non-hydrogen) atoms. The summed E-state index contributed by atoms with van der Waals surface area (Å²) in [7, 11) is -4.67. The predicted octanol–water partition coefficient (Wildman–Crippen LogP) is 0.310. The van der Waals surface area contributed by atoms with E-state index in [0.29, 0.717) is 0 Å². The van der Waals surface area contributed by atoms with E-state index in [1.165, 1.54) is 0 Å². The first-order valence-electron chi connectivity index (χ1n) is 5.68. The molecular weight excluding hydrogens is 360 g/mol. The first-order chi connectivity index (χ1) is 9.71. The third-order valence-electron chi connectivity index (χ3n) is 1.89. The molecular formula is C11H25F2NO9S. The Kier molecular flexibility index (Phi) is 14.2. The Bertz CT molecular complexity index is 445. The van der Waals surface area contributed by atoms with Gasteiger partial charge in [-0.1, -0.05) is 7.43 Å². The molecule has 0 rings (SSSR count). The molecule has 0 saturated heterocycles. The van der Waals surface area contributed by atoms with Crippen LogP contribution >= 0.6 is 0 Å². The van der Waals surface area contributed by atoms with Crippen molar-refractivity contribution in [1.82, 2.24) is 0 Å². The molecule has 2 atom stereocenters. The van der Waals surface area contributed by atoms with Crippen LogP contribution in [0.2, 0.25) is 0 Å². The summed E-state index contributed by atoms with van der Waals surface area (Å²) in [5.41, 5.74) is 1.01. The highest BCUT2D eigenvalue weighted by Crippen LogP contribution is 2.13. The van der Waals surface area contributed by atoms with Crippen molar-refractivity contribution in [3.63, 3.8) is 0 Å². The van der Waals surface area contributed by atoms with Gasteiger partial charge in [0.15, 0.2) is 6.10 Å². The van der Waals surface area contributed by atoms with Gasteiger partial charge in [-0.3, -0.25) is 13.9 Å². The lowest BCUT2D eigenvalue weighted by molar-refractivity contribution is -0.154. The van der Waals surface area contributed by atoms with Crippen molar-refractivity contribution >= 4 is 22.3 Å². The quantitative estimate of drug-likeness (QED) is 0.366. The van der Waals surface area contributed by atoms with E-state index in [-0.39, 0.29) is 7.43 Å². The highest BCUT2D eigenvalue weighted by Gasteiger charge is 2.33. The summed E-state index contributed by atoms with van der Waals surface area (Å²) >= 11 is 0. The van der Waals surface area contributed by atoms with Gasteiger partial charge >= 0.3 is 22.3 Å². The summed E-state index contributed by atoms with van der Waals surface area (Å²) in [5, 5.41) is 24.7. The van der Waals surface area contributed by atoms with Crippen molar-refractivity contribution in [2.45, 2.75) is 58.6 Å². The molecule has 148 valence electrons. The Morgan fingerprint density at radius 2 is 1.21 bits per heavy atom. The number of aliphatic hydroxyl groups excluding tert-OH is 1. The molecule has 0 aromatic heterocycles. The number of alkyl halides is 2. The van der Waals surface area contributed by atoms with Gasteiger partial charge in [-0.2, -0.15) is 8.42 Å². The summed E-state index contributed by atoms with van der Waals surface area (Å²) in [4.78, 5) is 19.8. The molecule has 0 fully saturated rings. The highest BCUT2D eigenvalue weighted by molar-refractivity contribution is 7.79. The fourth-order valence-electron chi connectivity index (χ4n) is 0.587. The van der Waals surface area contributed by atoms with Gasteiger partial charge in [-0.05, 0) is 27.7 Å². The van der Waals surface area contributed by atoms with Crippen LogP contribution in [0.1, 0.15) is 35.1 Å². The molecule has 0 radical (unpaired) electrons. The van der Waals surface area contributed by atoms with Crippen molar-refractivity contribution in [2.24, 2.45) is 5.73 Å². The van der Waals surface area contributed by atoms with Gasteiger partial charge in [0.25, 0.3) is 0 Å². The van der Waals surface area contributed by atoms with E-state index in [1.807, 2.05) is 0 Å². The average Bonchev–Trinajstić information content (AvgIpc) is 2.22. The lowest BCUT2D eigenvalue weighted by Crippen LogP contribution is -2.45. The van der Waals surface area contributed by atoms with Gasteiger partial charge in [0.05, 0.1) is 0 Å². The average molecular weight is 385 g/mol. The van der Waals surface area contributed by atoms with E-state index < -0.39 is 45.8 Å². The molecule has 0 aromatic carbocycles. The van der Waals surface area contributed by atoms with Crippen LogP contribution < -0.4 is 5.73 Å². The molecule has 0 spiro atoms. The molecule has 0 heterocycles. The second kappa shape index (κ2) is 11.2. The summed E-state index contributed by atoms with van der Waals surface area (Å²) in [6, 6.07) is -1.43. The Hall–Kier alpha value is -1.41. The number of aliphatic hydroxyl groups is 1. The predicted molar refractivity (Wildman–Crippen MR) is 80.5 cm³/mol. The Morgan fingerprint density at radius 3 is 1.21 bits per heavy atom. The van der Waals surface area contributed by atoms with Gasteiger partial charge in [0, 0.05) is 0 Å². The van der Waals surface area contributed by atoms with Crippen LogP contribution in [0, 0.1) is 0 Å². The van der Waals surface area contributed by atoms with Crippen molar-refractivity contribution in [3.8, 4) is 0 Å². The number of hydrogen-bond acceptors (Lipinski definition) is 6. The van der Waals surface area contributed by atoms with E-state index in [9.17, 15) is 18.4 Å². The monoisotopic (exact) mass is 385 g/mol. The zero-order valence-corrected chi connectivity index (χ0v) is 13.6. The molecule has 7 N–H and O–H groups in total. The standard InChI is InChI=1S/C5H10FNO2.C5H9FO3.CH4.H2O4S/c2*1-5(2,6)3(7)4(8)9;;1-5(2,3)4/h3H,7H2,1-2H3,(H,8,9);3,7H,1-2H3,(H,8,9);1H4;(H2,1,2,3,4)/t2*3-;;/m11../s1. The summed E-state index contributed by atoms with van der Waals surface area (Å²) in [5.74, 6) is -2.86. The SMILES string of the molecule is C.CC(C)(F)[C@H](N)C(=O)O.CC(C)(F)[C@H](O)C(=O)O.O=S(=O)(O)O.